The zero-order valence-corrected chi connectivity index (χ0v) is 15.0. The highest BCUT2D eigenvalue weighted by atomic mass is 15.2. The van der Waals surface area contributed by atoms with Crippen molar-refractivity contribution < 1.29 is 0 Å². The van der Waals surface area contributed by atoms with Crippen LogP contribution in [0.1, 0.15) is 19.4 Å². The first-order valence-corrected chi connectivity index (χ1v) is 8.70. The number of hydrogen-bond donors (Lipinski definition) is 1. The minimum atomic E-state index is 0.608. The van der Waals surface area contributed by atoms with E-state index in [9.17, 15) is 0 Å². The van der Waals surface area contributed by atoms with Crippen LogP contribution in [0.3, 0.4) is 0 Å². The van der Waals surface area contributed by atoms with Crippen LogP contribution < -0.4 is 10.2 Å². The van der Waals surface area contributed by atoms with Crippen molar-refractivity contribution in [2.75, 3.05) is 23.3 Å². The lowest BCUT2D eigenvalue weighted by atomic mass is 10.2. The standard InChI is InChI=1S/C21H21N5/c1-3-26(4-2)20-14-19(23-18-12-8-9-16(13-18)15-22)24-21(25-20)17-10-6-5-7-11-17/h5-14H,3-4H2,1-2H3,(H,23,24,25). The molecule has 0 fully saturated rings. The Labute approximate surface area is 154 Å². The number of nitrogens with zero attached hydrogens (tertiary/aromatic N) is 4. The molecule has 0 saturated carbocycles. The number of anilines is 3. The van der Waals surface area contributed by atoms with Gasteiger partial charge in [0, 0.05) is 30.4 Å². The van der Waals surface area contributed by atoms with Gasteiger partial charge in [0.2, 0.25) is 0 Å². The van der Waals surface area contributed by atoms with E-state index in [1.807, 2.05) is 48.5 Å². The van der Waals surface area contributed by atoms with Gasteiger partial charge in [0.15, 0.2) is 5.82 Å². The maximum absolute atomic E-state index is 9.09. The van der Waals surface area contributed by atoms with Gasteiger partial charge in [-0.15, -0.1) is 0 Å². The Bertz CT molecular complexity index is 911. The summed E-state index contributed by atoms with van der Waals surface area (Å²) in [6.07, 6.45) is 0. The summed E-state index contributed by atoms with van der Waals surface area (Å²) in [5.74, 6) is 2.26. The minimum Gasteiger partial charge on any atom is -0.357 e. The van der Waals surface area contributed by atoms with Crippen molar-refractivity contribution >= 4 is 17.3 Å². The first-order chi connectivity index (χ1) is 12.7. The third-order valence-electron chi connectivity index (χ3n) is 4.10. The first kappa shape index (κ1) is 17.4. The van der Waals surface area contributed by atoms with Crippen LogP contribution in [-0.4, -0.2) is 23.1 Å². The monoisotopic (exact) mass is 343 g/mol. The zero-order chi connectivity index (χ0) is 18.4. The summed E-state index contributed by atoms with van der Waals surface area (Å²) in [6.45, 7) is 5.95. The van der Waals surface area contributed by atoms with Crippen LogP contribution >= 0.6 is 0 Å². The van der Waals surface area contributed by atoms with E-state index in [4.69, 9.17) is 10.2 Å². The van der Waals surface area contributed by atoms with Crippen LogP contribution in [0.25, 0.3) is 11.4 Å². The van der Waals surface area contributed by atoms with Crippen LogP contribution in [0.2, 0.25) is 0 Å². The van der Waals surface area contributed by atoms with E-state index in [1.165, 1.54) is 0 Å². The van der Waals surface area contributed by atoms with Gasteiger partial charge in [0.25, 0.3) is 0 Å². The topological polar surface area (TPSA) is 64.8 Å². The quantitative estimate of drug-likeness (QED) is 0.708. The van der Waals surface area contributed by atoms with Crippen LogP contribution in [0, 0.1) is 11.3 Å². The lowest BCUT2D eigenvalue weighted by Crippen LogP contribution is -2.23. The molecule has 5 nitrogen and oxygen atoms in total. The molecule has 1 N–H and O–H groups in total. The van der Waals surface area contributed by atoms with Crippen molar-refractivity contribution in [3.05, 3.63) is 66.2 Å². The molecule has 26 heavy (non-hydrogen) atoms. The van der Waals surface area contributed by atoms with Crippen molar-refractivity contribution in [2.24, 2.45) is 0 Å². The van der Waals surface area contributed by atoms with Gasteiger partial charge < -0.3 is 10.2 Å². The molecule has 0 aliphatic rings. The van der Waals surface area contributed by atoms with Crippen LogP contribution in [0.15, 0.2) is 60.7 Å². The highest BCUT2D eigenvalue weighted by Crippen LogP contribution is 2.25. The Morgan fingerprint density at radius 3 is 2.42 bits per heavy atom. The number of hydrogen-bond acceptors (Lipinski definition) is 5. The van der Waals surface area contributed by atoms with Gasteiger partial charge in [-0.1, -0.05) is 36.4 Å². The average Bonchev–Trinajstić information content (AvgIpc) is 2.69. The first-order valence-electron chi connectivity index (χ1n) is 8.70. The SMILES string of the molecule is CCN(CC)c1cc(Nc2cccc(C#N)c2)nc(-c2ccccc2)n1. The molecule has 130 valence electrons. The summed E-state index contributed by atoms with van der Waals surface area (Å²) in [5, 5.41) is 12.4. The van der Waals surface area contributed by atoms with Gasteiger partial charge in [0.1, 0.15) is 11.6 Å². The summed E-state index contributed by atoms with van der Waals surface area (Å²) in [6, 6.07) is 21.4. The van der Waals surface area contributed by atoms with Crippen LogP contribution in [0.4, 0.5) is 17.3 Å². The maximum atomic E-state index is 9.09. The Hall–Kier alpha value is -3.39. The van der Waals surface area contributed by atoms with E-state index < -0.39 is 0 Å². The summed E-state index contributed by atoms with van der Waals surface area (Å²) in [7, 11) is 0. The molecule has 0 aliphatic carbocycles. The second kappa shape index (κ2) is 8.13. The summed E-state index contributed by atoms with van der Waals surface area (Å²) >= 11 is 0. The fourth-order valence-corrected chi connectivity index (χ4v) is 2.74. The molecule has 3 rings (SSSR count). The van der Waals surface area contributed by atoms with Crippen LogP contribution in [0.5, 0.6) is 0 Å². The molecule has 0 spiro atoms. The third-order valence-corrected chi connectivity index (χ3v) is 4.10. The van der Waals surface area contributed by atoms with Crippen molar-refractivity contribution in [2.45, 2.75) is 13.8 Å². The average molecular weight is 343 g/mol. The van der Waals surface area contributed by atoms with Gasteiger partial charge >= 0.3 is 0 Å². The Morgan fingerprint density at radius 1 is 0.962 bits per heavy atom. The number of nitriles is 1. The molecule has 5 heteroatoms. The molecule has 1 aromatic heterocycles. The smallest absolute Gasteiger partial charge is 0.163 e. The van der Waals surface area contributed by atoms with E-state index in [0.29, 0.717) is 17.2 Å². The van der Waals surface area contributed by atoms with Crippen molar-refractivity contribution in [3.8, 4) is 17.5 Å². The molecule has 0 saturated heterocycles. The van der Waals surface area contributed by atoms with Gasteiger partial charge in [0.05, 0.1) is 11.6 Å². The molecular formula is C21H21N5. The van der Waals surface area contributed by atoms with Crippen LogP contribution in [-0.2, 0) is 0 Å². The molecule has 0 bridgehead atoms. The molecule has 0 aliphatic heterocycles. The number of rotatable bonds is 6. The molecule has 1 heterocycles. The summed E-state index contributed by atoms with van der Waals surface area (Å²) < 4.78 is 0. The molecule has 0 atom stereocenters. The lowest BCUT2D eigenvalue weighted by Gasteiger charge is -2.21. The second-order valence-electron chi connectivity index (χ2n) is 5.79. The van der Waals surface area contributed by atoms with E-state index in [0.717, 1.165) is 30.2 Å². The molecule has 0 radical (unpaired) electrons. The zero-order valence-electron chi connectivity index (χ0n) is 15.0. The molecule has 3 aromatic rings. The second-order valence-corrected chi connectivity index (χ2v) is 5.79. The fraction of sp³-hybridized carbons (Fsp3) is 0.190. The summed E-state index contributed by atoms with van der Waals surface area (Å²) in [5.41, 5.74) is 2.40. The highest BCUT2D eigenvalue weighted by molar-refractivity contribution is 5.66. The van der Waals surface area contributed by atoms with Gasteiger partial charge in [-0.05, 0) is 32.0 Å². The third kappa shape index (κ3) is 3.98. The fourth-order valence-electron chi connectivity index (χ4n) is 2.74. The molecule has 2 aromatic carbocycles. The van der Waals surface area contributed by atoms with Crippen molar-refractivity contribution in [1.82, 2.24) is 9.97 Å². The predicted octanol–water partition coefficient (Wildman–Crippen LogP) is 4.61. The van der Waals surface area contributed by atoms with Gasteiger partial charge in [-0.25, -0.2) is 9.97 Å². The Balaban J connectivity index is 2.03. The van der Waals surface area contributed by atoms with E-state index in [2.05, 4.69) is 35.1 Å². The lowest BCUT2D eigenvalue weighted by molar-refractivity contribution is 0.843. The predicted molar refractivity (Wildman–Crippen MR) is 105 cm³/mol. The number of aromatic nitrogens is 2. The summed E-state index contributed by atoms with van der Waals surface area (Å²) in [4.78, 5) is 11.6. The molecule has 0 unspecified atom stereocenters. The van der Waals surface area contributed by atoms with E-state index in [1.54, 1.807) is 12.1 Å². The maximum Gasteiger partial charge on any atom is 0.163 e. The Morgan fingerprint density at radius 2 is 1.73 bits per heavy atom. The van der Waals surface area contributed by atoms with Crippen molar-refractivity contribution in [3.63, 3.8) is 0 Å². The number of nitrogens with one attached hydrogen (secondary N) is 1. The van der Waals surface area contributed by atoms with Gasteiger partial charge in [-0.3, -0.25) is 0 Å². The van der Waals surface area contributed by atoms with Gasteiger partial charge in [-0.2, -0.15) is 5.26 Å². The van der Waals surface area contributed by atoms with Crippen molar-refractivity contribution in [1.29, 1.82) is 5.26 Å². The Kier molecular flexibility index (Phi) is 5.45. The van der Waals surface area contributed by atoms with E-state index in [-0.39, 0.29) is 0 Å². The normalized spacial score (nSPS) is 10.2. The molecular weight excluding hydrogens is 322 g/mol. The largest absolute Gasteiger partial charge is 0.357 e. The molecule has 0 amide bonds. The number of benzene rings is 2. The minimum absolute atomic E-state index is 0.608. The van der Waals surface area contributed by atoms with E-state index >= 15 is 0 Å². The highest BCUT2D eigenvalue weighted by Gasteiger charge is 2.11.